The average molecular weight is 385 g/mol. The number of rotatable bonds is 7. The molecule has 146 valence electrons. The van der Waals surface area contributed by atoms with Gasteiger partial charge in [-0.05, 0) is 23.8 Å². The fourth-order valence-corrected chi connectivity index (χ4v) is 2.55. The summed E-state index contributed by atoms with van der Waals surface area (Å²) in [5, 5.41) is 26.8. The molecule has 0 aliphatic rings. The lowest BCUT2D eigenvalue weighted by Crippen LogP contribution is -2.35. The molecule has 3 N–H and O–H groups in total. The van der Waals surface area contributed by atoms with Crippen molar-refractivity contribution in [2.24, 2.45) is 0 Å². The zero-order chi connectivity index (χ0) is 19.9. The minimum Gasteiger partial charge on any atom is -0.445 e. The van der Waals surface area contributed by atoms with E-state index in [2.05, 4.69) is 10.4 Å². The first-order valence-corrected chi connectivity index (χ1v) is 8.64. The second-order valence-corrected chi connectivity index (χ2v) is 6.15. The first-order valence-electron chi connectivity index (χ1n) is 8.64. The lowest BCUT2D eigenvalue weighted by molar-refractivity contribution is 0.0184. The number of nitrogens with one attached hydrogen (secondary N) is 1. The molecule has 0 fully saturated rings. The van der Waals surface area contributed by atoms with Crippen molar-refractivity contribution in [3.63, 3.8) is 0 Å². The second-order valence-electron chi connectivity index (χ2n) is 6.15. The van der Waals surface area contributed by atoms with Crippen LogP contribution in [-0.4, -0.2) is 38.7 Å². The van der Waals surface area contributed by atoms with Crippen LogP contribution in [0.5, 0.6) is 0 Å². The first kappa shape index (κ1) is 19.5. The summed E-state index contributed by atoms with van der Waals surface area (Å²) in [5.74, 6) is -0.409. The molecule has 2 atom stereocenters. The number of carbonyl (C=O) groups excluding carboxylic acids is 1. The van der Waals surface area contributed by atoms with Crippen LogP contribution in [0.3, 0.4) is 0 Å². The Labute approximate surface area is 161 Å². The van der Waals surface area contributed by atoms with Crippen molar-refractivity contribution >= 4 is 6.09 Å². The van der Waals surface area contributed by atoms with Crippen molar-refractivity contribution in [3.8, 4) is 5.69 Å². The van der Waals surface area contributed by atoms with Crippen LogP contribution in [0.15, 0.2) is 67.0 Å². The zero-order valence-corrected chi connectivity index (χ0v) is 14.9. The van der Waals surface area contributed by atoms with Crippen LogP contribution in [0.25, 0.3) is 5.69 Å². The highest BCUT2D eigenvalue weighted by Crippen LogP contribution is 2.18. The van der Waals surface area contributed by atoms with Crippen molar-refractivity contribution < 1.29 is 24.1 Å². The molecule has 3 rings (SSSR count). The molecule has 1 heterocycles. The molecule has 2 aromatic carbocycles. The van der Waals surface area contributed by atoms with Crippen molar-refractivity contribution in [1.82, 2.24) is 15.1 Å². The molecular weight excluding hydrogens is 365 g/mol. The van der Waals surface area contributed by atoms with Crippen LogP contribution in [0.1, 0.15) is 17.2 Å². The van der Waals surface area contributed by atoms with E-state index >= 15 is 0 Å². The van der Waals surface area contributed by atoms with Gasteiger partial charge in [0, 0.05) is 18.3 Å². The molecule has 1 amide bonds. The van der Waals surface area contributed by atoms with E-state index in [4.69, 9.17) is 4.74 Å². The topological polar surface area (TPSA) is 96.6 Å². The quantitative estimate of drug-likeness (QED) is 0.580. The summed E-state index contributed by atoms with van der Waals surface area (Å²) >= 11 is 0. The summed E-state index contributed by atoms with van der Waals surface area (Å²) in [4.78, 5) is 11.7. The second kappa shape index (κ2) is 9.12. The summed E-state index contributed by atoms with van der Waals surface area (Å²) < 4.78 is 19.7. The fraction of sp³-hybridized carbons (Fsp3) is 0.200. The molecule has 3 aromatic rings. The molecule has 0 aliphatic heterocycles. The maximum absolute atomic E-state index is 13.3. The summed E-state index contributed by atoms with van der Waals surface area (Å²) in [6.45, 7) is -0.105. The fourth-order valence-electron chi connectivity index (χ4n) is 2.55. The van der Waals surface area contributed by atoms with Gasteiger partial charge in [-0.3, -0.25) is 0 Å². The van der Waals surface area contributed by atoms with Crippen LogP contribution in [0, 0.1) is 5.82 Å². The monoisotopic (exact) mass is 385 g/mol. The Balaban J connectivity index is 1.50. The molecule has 0 aliphatic carbocycles. The lowest BCUT2D eigenvalue weighted by Gasteiger charge is -2.17. The van der Waals surface area contributed by atoms with Gasteiger partial charge < -0.3 is 20.3 Å². The lowest BCUT2D eigenvalue weighted by atomic mass is 10.1. The Bertz CT molecular complexity index is 917. The average Bonchev–Trinajstić information content (AvgIpc) is 3.21. The standard InChI is InChI=1S/C20H20FN3O4/c21-16-7-4-8-17(9-16)24-12-15(10-23-24)19(26)18(25)11-22-20(27)28-13-14-5-2-1-3-6-14/h1-10,12,18-19,25-26H,11,13H2,(H,22,27). The Morgan fingerprint density at radius 1 is 1.18 bits per heavy atom. The van der Waals surface area contributed by atoms with Crippen molar-refractivity contribution in [1.29, 1.82) is 0 Å². The molecule has 1 aromatic heterocycles. The van der Waals surface area contributed by atoms with Gasteiger partial charge in [0.05, 0.1) is 11.9 Å². The predicted molar refractivity (Wildman–Crippen MR) is 99.1 cm³/mol. The minimum atomic E-state index is -1.28. The van der Waals surface area contributed by atoms with Crippen LogP contribution in [-0.2, 0) is 11.3 Å². The number of carbonyl (C=O) groups is 1. The number of hydrogen-bond donors (Lipinski definition) is 3. The third-order valence-electron chi connectivity index (χ3n) is 4.05. The Morgan fingerprint density at radius 3 is 2.71 bits per heavy atom. The number of aliphatic hydroxyl groups excluding tert-OH is 2. The predicted octanol–water partition coefficient (Wildman–Crippen LogP) is 2.33. The Kier molecular flexibility index (Phi) is 6.36. The third-order valence-corrected chi connectivity index (χ3v) is 4.05. The van der Waals surface area contributed by atoms with Crippen molar-refractivity contribution in [2.45, 2.75) is 18.8 Å². The summed E-state index contributed by atoms with van der Waals surface area (Å²) in [5.41, 5.74) is 1.65. The SMILES string of the molecule is O=C(NCC(O)C(O)c1cnn(-c2cccc(F)c2)c1)OCc1ccccc1. The summed E-state index contributed by atoms with van der Waals surface area (Å²) in [7, 11) is 0. The number of aliphatic hydroxyl groups is 2. The number of nitrogens with zero attached hydrogens (tertiary/aromatic N) is 2. The highest BCUT2D eigenvalue weighted by atomic mass is 19.1. The van der Waals surface area contributed by atoms with Crippen molar-refractivity contribution in [2.75, 3.05) is 6.54 Å². The molecule has 0 saturated heterocycles. The molecule has 28 heavy (non-hydrogen) atoms. The van der Waals surface area contributed by atoms with Crippen LogP contribution >= 0.6 is 0 Å². The van der Waals surface area contributed by atoms with Crippen LogP contribution in [0.2, 0.25) is 0 Å². The zero-order valence-electron chi connectivity index (χ0n) is 14.9. The Morgan fingerprint density at radius 2 is 1.96 bits per heavy atom. The van der Waals surface area contributed by atoms with Gasteiger partial charge in [-0.15, -0.1) is 0 Å². The summed E-state index contributed by atoms with van der Waals surface area (Å²) in [6.07, 6.45) is -0.403. The van der Waals surface area contributed by atoms with Crippen LogP contribution in [0.4, 0.5) is 9.18 Å². The van der Waals surface area contributed by atoms with E-state index in [1.54, 1.807) is 12.1 Å². The van der Waals surface area contributed by atoms with Gasteiger partial charge in [0.25, 0.3) is 0 Å². The number of benzene rings is 2. The molecule has 7 nitrogen and oxygen atoms in total. The number of halogens is 1. The van der Waals surface area contributed by atoms with Gasteiger partial charge in [-0.1, -0.05) is 36.4 Å². The largest absolute Gasteiger partial charge is 0.445 e. The molecule has 2 unspecified atom stereocenters. The van der Waals surface area contributed by atoms with Gasteiger partial charge in [0.15, 0.2) is 0 Å². The molecule has 8 heteroatoms. The number of amides is 1. The van der Waals surface area contributed by atoms with Gasteiger partial charge in [-0.2, -0.15) is 5.10 Å². The number of ether oxygens (including phenoxy) is 1. The van der Waals surface area contributed by atoms with Crippen molar-refractivity contribution in [3.05, 3.63) is 83.9 Å². The maximum Gasteiger partial charge on any atom is 0.407 e. The smallest absolute Gasteiger partial charge is 0.407 e. The Hall–Kier alpha value is -3.23. The minimum absolute atomic E-state index is 0.103. The normalized spacial score (nSPS) is 13.0. The number of hydrogen-bond acceptors (Lipinski definition) is 5. The molecular formula is C20H20FN3O4. The van der Waals surface area contributed by atoms with E-state index in [0.717, 1.165) is 5.56 Å². The molecule has 0 spiro atoms. The molecule has 0 saturated carbocycles. The van der Waals surface area contributed by atoms with E-state index in [0.29, 0.717) is 11.3 Å². The third kappa shape index (κ3) is 5.15. The van der Waals surface area contributed by atoms with E-state index in [-0.39, 0.29) is 13.2 Å². The summed E-state index contributed by atoms with van der Waals surface area (Å²) in [6, 6.07) is 15.0. The molecule has 0 bridgehead atoms. The van der Waals surface area contributed by atoms with E-state index in [1.807, 2.05) is 30.3 Å². The molecule has 0 radical (unpaired) electrons. The van der Waals surface area contributed by atoms with E-state index < -0.39 is 24.1 Å². The van der Waals surface area contributed by atoms with Gasteiger partial charge in [0.2, 0.25) is 0 Å². The number of aromatic nitrogens is 2. The van der Waals surface area contributed by atoms with Crippen LogP contribution < -0.4 is 5.32 Å². The first-order chi connectivity index (χ1) is 13.5. The maximum atomic E-state index is 13.3. The number of alkyl carbamates (subject to hydrolysis) is 1. The van der Waals surface area contributed by atoms with E-state index in [1.165, 1.54) is 29.2 Å². The van der Waals surface area contributed by atoms with E-state index in [9.17, 15) is 19.4 Å². The van der Waals surface area contributed by atoms with Gasteiger partial charge >= 0.3 is 6.09 Å². The highest BCUT2D eigenvalue weighted by molar-refractivity contribution is 5.67. The highest BCUT2D eigenvalue weighted by Gasteiger charge is 2.21. The van der Waals surface area contributed by atoms with Gasteiger partial charge in [-0.25, -0.2) is 13.9 Å². The van der Waals surface area contributed by atoms with Gasteiger partial charge in [0.1, 0.15) is 24.6 Å².